The third kappa shape index (κ3) is 4.85. The van der Waals surface area contributed by atoms with Crippen molar-refractivity contribution in [2.45, 2.75) is 26.4 Å². The summed E-state index contributed by atoms with van der Waals surface area (Å²) in [6, 6.07) is 7.31. The number of halogens is 1. The first-order valence-electron chi connectivity index (χ1n) is 8.30. The summed E-state index contributed by atoms with van der Waals surface area (Å²) in [5.74, 6) is -0.00509. The first kappa shape index (κ1) is 18.5. The Morgan fingerprint density at radius 3 is 2.62 bits per heavy atom. The molecule has 1 atom stereocenters. The van der Waals surface area contributed by atoms with E-state index < -0.39 is 0 Å². The average Bonchev–Trinajstić information content (AvgIpc) is 2.60. The van der Waals surface area contributed by atoms with Gasteiger partial charge >= 0.3 is 6.09 Å². The fourth-order valence-electron chi connectivity index (χ4n) is 2.79. The Bertz CT molecular complexity index is 574. The van der Waals surface area contributed by atoms with Crippen LogP contribution in [0.5, 0.6) is 0 Å². The van der Waals surface area contributed by atoms with Gasteiger partial charge < -0.3 is 15.0 Å². The van der Waals surface area contributed by atoms with E-state index in [1.54, 1.807) is 11.8 Å². The van der Waals surface area contributed by atoms with Gasteiger partial charge in [-0.1, -0.05) is 29.8 Å². The number of rotatable bonds is 5. The predicted molar refractivity (Wildman–Crippen MR) is 92.1 cm³/mol. The van der Waals surface area contributed by atoms with Crippen molar-refractivity contribution in [3.05, 3.63) is 34.9 Å². The number of piperazine rings is 1. The molecule has 0 unspecified atom stereocenters. The summed E-state index contributed by atoms with van der Waals surface area (Å²) in [6.07, 6.45) is -0.271. The Morgan fingerprint density at radius 2 is 2.00 bits per heavy atom. The molecule has 1 aliphatic heterocycles. The summed E-state index contributed by atoms with van der Waals surface area (Å²) < 4.78 is 5.01. The molecule has 2 amide bonds. The van der Waals surface area contributed by atoms with Crippen LogP contribution in [0.2, 0.25) is 5.02 Å². The molecule has 0 aromatic heterocycles. The van der Waals surface area contributed by atoms with Crippen LogP contribution < -0.4 is 10.2 Å². The SMILES string of the molecule is CCOC(=O)N1CC[NH+]([C@H](C)C(=O)NCc2ccccc2Cl)CC1. The zero-order chi connectivity index (χ0) is 17.5. The maximum atomic E-state index is 12.4. The molecule has 132 valence electrons. The molecular formula is C17H25ClN3O3+. The molecule has 2 N–H and O–H groups in total. The van der Waals surface area contributed by atoms with Gasteiger partial charge in [-0.3, -0.25) is 9.69 Å². The average molecular weight is 355 g/mol. The minimum Gasteiger partial charge on any atom is -0.450 e. The van der Waals surface area contributed by atoms with Crippen molar-refractivity contribution in [3.63, 3.8) is 0 Å². The van der Waals surface area contributed by atoms with Crippen molar-refractivity contribution in [2.75, 3.05) is 32.8 Å². The number of carbonyl (C=O) groups is 2. The van der Waals surface area contributed by atoms with Gasteiger partial charge in [0, 0.05) is 11.6 Å². The van der Waals surface area contributed by atoms with Crippen LogP contribution >= 0.6 is 11.6 Å². The van der Waals surface area contributed by atoms with Crippen LogP contribution in [0.25, 0.3) is 0 Å². The summed E-state index contributed by atoms with van der Waals surface area (Å²) in [5.41, 5.74) is 0.904. The first-order valence-corrected chi connectivity index (χ1v) is 8.68. The van der Waals surface area contributed by atoms with Gasteiger partial charge in [-0.05, 0) is 25.5 Å². The van der Waals surface area contributed by atoms with E-state index in [-0.39, 0.29) is 18.0 Å². The van der Waals surface area contributed by atoms with E-state index in [1.807, 2.05) is 31.2 Å². The second-order valence-electron chi connectivity index (χ2n) is 5.88. The lowest BCUT2D eigenvalue weighted by atomic mass is 10.2. The number of nitrogens with one attached hydrogen (secondary N) is 2. The van der Waals surface area contributed by atoms with Crippen molar-refractivity contribution in [1.29, 1.82) is 0 Å². The number of nitrogens with zero attached hydrogens (tertiary/aromatic N) is 1. The number of benzene rings is 1. The number of amides is 2. The van der Waals surface area contributed by atoms with Gasteiger partial charge in [0.05, 0.1) is 32.8 Å². The lowest BCUT2D eigenvalue weighted by molar-refractivity contribution is -0.918. The van der Waals surface area contributed by atoms with Crippen LogP contribution in [0.4, 0.5) is 4.79 Å². The van der Waals surface area contributed by atoms with E-state index in [2.05, 4.69) is 5.32 Å². The van der Waals surface area contributed by atoms with Crippen LogP contribution in [-0.4, -0.2) is 55.7 Å². The highest BCUT2D eigenvalue weighted by molar-refractivity contribution is 6.31. The van der Waals surface area contributed by atoms with E-state index in [4.69, 9.17) is 16.3 Å². The van der Waals surface area contributed by atoms with Crippen LogP contribution in [0, 0.1) is 0 Å². The number of hydrogen-bond acceptors (Lipinski definition) is 3. The smallest absolute Gasteiger partial charge is 0.410 e. The number of quaternary nitrogens is 1. The van der Waals surface area contributed by atoms with E-state index in [0.717, 1.165) is 18.7 Å². The van der Waals surface area contributed by atoms with Crippen LogP contribution in [0.1, 0.15) is 19.4 Å². The standard InChI is InChI=1S/C17H24ClN3O3/c1-3-24-17(23)21-10-8-20(9-11-21)13(2)16(22)19-12-14-6-4-5-7-15(14)18/h4-7,13H,3,8-12H2,1-2H3,(H,19,22)/p+1/t13-/m1/s1. The van der Waals surface area contributed by atoms with Crippen molar-refractivity contribution in [1.82, 2.24) is 10.2 Å². The zero-order valence-electron chi connectivity index (χ0n) is 14.2. The molecule has 6 nitrogen and oxygen atoms in total. The van der Waals surface area contributed by atoms with Crippen LogP contribution in [0.3, 0.4) is 0 Å². The third-order valence-electron chi connectivity index (χ3n) is 4.35. The molecule has 0 aliphatic carbocycles. The molecule has 0 bridgehead atoms. The Kier molecular flexibility index (Phi) is 6.87. The highest BCUT2D eigenvalue weighted by Gasteiger charge is 2.31. The van der Waals surface area contributed by atoms with Crippen LogP contribution in [-0.2, 0) is 16.1 Å². The fourth-order valence-corrected chi connectivity index (χ4v) is 2.99. The molecule has 1 aromatic carbocycles. The molecule has 7 heteroatoms. The maximum absolute atomic E-state index is 12.4. The second kappa shape index (κ2) is 8.89. The molecule has 24 heavy (non-hydrogen) atoms. The van der Waals surface area contributed by atoms with Crippen molar-refractivity contribution >= 4 is 23.6 Å². The molecule has 1 saturated heterocycles. The van der Waals surface area contributed by atoms with Crippen LogP contribution in [0.15, 0.2) is 24.3 Å². The van der Waals surface area contributed by atoms with Crippen molar-refractivity contribution in [3.8, 4) is 0 Å². The van der Waals surface area contributed by atoms with Gasteiger partial charge in [0.25, 0.3) is 5.91 Å². The third-order valence-corrected chi connectivity index (χ3v) is 4.72. The molecule has 0 spiro atoms. The van der Waals surface area contributed by atoms with Crippen molar-refractivity contribution in [2.24, 2.45) is 0 Å². The molecular weight excluding hydrogens is 330 g/mol. The number of ether oxygens (including phenoxy) is 1. The van der Waals surface area contributed by atoms with Gasteiger partial charge in [-0.25, -0.2) is 4.79 Å². The summed E-state index contributed by atoms with van der Waals surface area (Å²) in [5, 5.41) is 3.60. The monoisotopic (exact) mass is 354 g/mol. The topological polar surface area (TPSA) is 63.1 Å². The number of carbonyl (C=O) groups excluding carboxylic acids is 2. The Labute approximate surface area is 147 Å². The minimum absolute atomic E-state index is 0.00509. The molecule has 2 rings (SSSR count). The molecule has 1 aromatic rings. The van der Waals surface area contributed by atoms with E-state index in [0.29, 0.717) is 31.3 Å². The lowest BCUT2D eigenvalue weighted by Gasteiger charge is -2.34. The number of hydrogen-bond donors (Lipinski definition) is 2. The Balaban J connectivity index is 1.80. The van der Waals surface area contributed by atoms with Gasteiger partial charge in [0.15, 0.2) is 6.04 Å². The highest BCUT2D eigenvalue weighted by Crippen LogP contribution is 2.14. The predicted octanol–water partition coefficient (Wildman–Crippen LogP) is 0.702. The molecule has 0 saturated carbocycles. The molecule has 1 heterocycles. The Hall–Kier alpha value is -1.79. The lowest BCUT2D eigenvalue weighted by Crippen LogP contribution is -3.19. The van der Waals surface area contributed by atoms with Crippen molar-refractivity contribution < 1.29 is 19.2 Å². The molecule has 1 fully saturated rings. The van der Waals surface area contributed by atoms with Gasteiger partial charge in [0.2, 0.25) is 0 Å². The van der Waals surface area contributed by atoms with Gasteiger partial charge in [-0.15, -0.1) is 0 Å². The summed E-state index contributed by atoms with van der Waals surface area (Å²) in [6.45, 7) is 7.20. The summed E-state index contributed by atoms with van der Waals surface area (Å²) in [4.78, 5) is 26.9. The second-order valence-corrected chi connectivity index (χ2v) is 6.28. The maximum Gasteiger partial charge on any atom is 0.410 e. The molecule has 1 aliphatic rings. The largest absolute Gasteiger partial charge is 0.450 e. The van der Waals surface area contributed by atoms with Gasteiger partial charge in [0.1, 0.15) is 0 Å². The highest BCUT2D eigenvalue weighted by atomic mass is 35.5. The van der Waals surface area contributed by atoms with E-state index in [1.165, 1.54) is 4.90 Å². The zero-order valence-corrected chi connectivity index (χ0v) is 14.9. The quantitative estimate of drug-likeness (QED) is 0.818. The van der Waals surface area contributed by atoms with E-state index in [9.17, 15) is 9.59 Å². The fraction of sp³-hybridized carbons (Fsp3) is 0.529. The van der Waals surface area contributed by atoms with Gasteiger partial charge in [-0.2, -0.15) is 0 Å². The Morgan fingerprint density at radius 1 is 1.33 bits per heavy atom. The first-order chi connectivity index (χ1) is 11.5. The van der Waals surface area contributed by atoms with E-state index >= 15 is 0 Å². The minimum atomic E-state index is -0.271. The summed E-state index contributed by atoms with van der Waals surface area (Å²) >= 11 is 6.10. The summed E-state index contributed by atoms with van der Waals surface area (Å²) in [7, 11) is 0. The normalized spacial score (nSPS) is 16.5. The molecule has 0 radical (unpaired) electrons.